The molecule has 0 atom stereocenters. The van der Waals surface area contributed by atoms with Gasteiger partial charge in [0.15, 0.2) is 5.71 Å². The van der Waals surface area contributed by atoms with Gasteiger partial charge < -0.3 is 11.1 Å². The van der Waals surface area contributed by atoms with E-state index in [-0.39, 0.29) is 11.6 Å². The Bertz CT molecular complexity index is 508. The molecule has 1 heterocycles. The monoisotopic (exact) mass is 218 g/mol. The van der Waals surface area contributed by atoms with Gasteiger partial charge in [-0.3, -0.25) is 4.79 Å². The lowest BCUT2D eigenvalue weighted by Crippen LogP contribution is -2.27. The van der Waals surface area contributed by atoms with Crippen LogP contribution < -0.4 is 16.5 Å². The Hall–Kier alpha value is -2.37. The van der Waals surface area contributed by atoms with Gasteiger partial charge in [0.2, 0.25) is 0 Å². The number of rotatable bonds is 1. The van der Waals surface area contributed by atoms with E-state index in [2.05, 4.69) is 10.4 Å². The Kier molecular flexibility index (Phi) is 2.32. The number of benzene rings is 1. The predicted octanol–water partition coefficient (Wildman–Crippen LogP) is 0.320. The summed E-state index contributed by atoms with van der Waals surface area (Å²) in [5.41, 5.74) is 9.41. The van der Waals surface area contributed by atoms with Gasteiger partial charge in [-0.25, -0.2) is 10.2 Å². The quantitative estimate of drug-likeness (QED) is 0.592. The molecule has 16 heavy (non-hydrogen) atoms. The Morgan fingerprint density at radius 1 is 1.50 bits per heavy atom. The molecule has 0 spiro atoms. The minimum atomic E-state index is -0.804. The molecule has 1 aromatic carbocycles. The summed E-state index contributed by atoms with van der Waals surface area (Å²) in [6, 6.07) is 4.64. The first-order valence-electron chi connectivity index (χ1n) is 4.64. The number of carbonyl (C=O) groups excluding carboxylic acids is 2. The summed E-state index contributed by atoms with van der Waals surface area (Å²) in [4.78, 5) is 22.1. The van der Waals surface area contributed by atoms with Crippen molar-refractivity contribution in [2.24, 2.45) is 10.8 Å². The molecule has 0 fully saturated rings. The minimum absolute atomic E-state index is 0.164. The first-order valence-corrected chi connectivity index (χ1v) is 4.64. The largest absolute Gasteiger partial charge is 0.350 e. The second-order valence-corrected chi connectivity index (χ2v) is 3.39. The van der Waals surface area contributed by atoms with Crippen LogP contribution in [0.3, 0.4) is 0 Å². The molecule has 3 amide bonds. The van der Waals surface area contributed by atoms with Gasteiger partial charge >= 0.3 is 6.03 Å². The summed E-state index contributed by atoms with van der Waals surface area (Å²) in [7, 11) is 0. The van der Waals surface area contributed by atoms with E-state index < -0.39 is 6.03 Å². The van der Waals surface area contributed by atoms with Gasteiger partial charge in [-0.2, -0.15) is 5.10 Å². The topological polar surface area (TPSA) is 96.6 Å². The van der Waals surface area contributed by atoms with Crippen LogP contribution in [-0.2, 0) is 4.79 Å². The number of nitrogens with two attached hydrogens (primary N) is 1. The molecule has 4 N–H and O–H groups in total. The average molecular weight is 218 g/mol. The third-order valence-corrected chi connectivity index (χ3v) is 2.26. The number of carbonyl (C=O) groups is 2. The highest BCUT2D eigenvalue weighted by Gasteiger charge is 2.27. The Balaban J connectivity index is 2.44. The molecule has 0 unspecified atom stereocenters. The SMILES string of the molecule is Cc1cccc2c1NC(=O)/C2=N\NC(N)=O. The Morgan fingerprint density at radius 2 is 2.25 bits per heavy atom. The van der Waals surface area contributed by atoms with E-state index in [4.69, 9.17) is 5.73 Å². The van der Waals surface area contributed by atoms with Gasteiger partial charge in [0.1, 0.15) is 0 Å². The first kappa shape index (κ1) is 10.2. The van der Waals surface area contributed by atoms with Gasteiger partial charge in [-0.05, 0) is 12.5 Å². The Morgan fingerprint density at radius 3 is 2.94 bits per heavy atom. The number of hydrazone groups is 1. The number of primary amides is 1. The maximum atomic E-state index is 11.6. The highest BCUT2D eigenvalue weighted by molar-refractivity contribution is 6.54. The number of aryl methyl sites for hydroxylation is 1. The molecule has 1 aliphatic rings. The number of nitrogens with one attached hydrogen (secondary N) is 2. The minimum Gasteiger partial charge on any atom is -0.350 e. The maximum Gasteiger partial charge on any atom is 0.332 e. The lowest BCUT2D eigenvalue weighted by Gasteiger charge is -2.00. The molecule has 2 rings (SSSR count). The van der Waals surface area contributed by atoms with Crippen LogP contribution in [0.1, 0.15) is 11.1 Å². The first-order chi connectivity index (χ1) is 7.59. The zero-order chi connectivity index (χ0) is 11.7. The van der Waals surface area contributed by atoms with E-state index in [1.165, 1.54) is 0 Å². The fourth-order valence-electron chi connectivity index (χ4n) is 1.55. The van der Waals surface area contributed by atoms with Crippen LogP contribution in [0.5, 0.6) is 0 Å². The van der Waals surface area contributed by atoms with E-state index >= 15 is 0 Å². The van der Waals surface area contributed by atoms with Crippen LogP contribution >= 0.6 is 0 Å². The number of urea groups is 1. The molecule has 0 saturated heterocycles. The number of para-hydroxylation sites is 1. The third kappa shape index (κ3) is 1.60. The van der Waals surface area contributed by atoms with E-state index in [0.29, 0.717) is 5.56 Å². The molecule has 0 radical (unpaired) electrons. The van der Waals surface area contributed by atoms with E-state index in [1.54, 1.807) is 6.07 Å². The molecule has 6 nitrogen and oxygen atoms in total. The molecule has 0 aliphatic carbocycles. The number of amides is 3. The molecule has 1 aromatic rings. The fraction of sp³-hybridized carbons (Fsp3) is 0.100. The van der Waals surface area contributed by atoms with Crippen molar-refractivity contribution in [2.75, 3.05) is 5.32 Å². The highest BCUT2D eigenvalue weighted by atomic mass is 16.2. The highest BCUT2D eigenvalue weighted by Crippen LogP contribution is 2.26. The molecule has 0 aromatic heterocycles. The van der Waals surface area contributed by atoms with Crippen molar-refractivity contribution < 1.29 is 9.59 Å². The van der Waals surface area contributed by atoms with Gasteiger partial charge in [0.05, 0.1) is 5.69 Å². The second kappa shape index (κ2) is 3.65. The van der Waals surface area contributed by atoms with Crippen molar-refractivity contribution in [1.29, 1.82) is 0 Å². The summed E-state index contributed by atoms with van der Waals surface area (Å²) >= 11 is 0. The van der Waals surface area contributed by atoms with Crippen molar-refractivity contribution in [1.82, 2.24) is 5.43 Å². The zero-order valence-corrected chi connectivity index (χ0v) is 8.57. The molecule has 1 aliphatic heterocycles. The van der Waals surface area contributed by atoms with Crippen molar-refractivity contribution in [3.63, 3.8) is 0 Å². The van der Waals surface area contributed by atoms with Gasteiger partial charge in [0, 0.05) is 5.56 Å². The van der Waals surface area contributed by atoms with Gasteiger partial charge in [-0.15, -0.1) is 0 Å². The van der Waals surface area contributed by atoms with E-state index in [1.807, 2.05) is 24.5 Å². The summed E-state index contributed by atoms with van der Waals surface area (Å²) in [6.07, 6.45) is 0. The summed E-state index contributed by atoms with van der Waals surface area (Å²) in [5.74, 6) is -0.349. The fourth-order valence-corrected chi connectivity index (χ4v) is 1.55. The molecular formula is C10H10N4O2. The summed E-state index contributed by atoms with van der Waals surface area (Å²) in [6.45, 7) is 1.88. The molecule has 0 saturated carbocycles. The van der Waals surface area contributed by atoms with Crippen LogP contribution in [0.25, 0.3) is 0 Å². The summed E-state index contributed by atoms with van der Waals surface area (Å²) in [5, 5.41) is 6.34. The predicted molar refractivity (Wildman–Crippen MR) is 59.1 cm³/mol. The van der Waals surface area contributed by atoms with Crippen LogP contribution in [0, 0.1) is 6.92 Å². The normalized spacial score (nSPS) is 15.8. The van der Waals surface area contributed by atoms with E-state index in [0.717, 1.165) is 11.3 Å². The van der Waals surface area contributed by atoms with Gasteiger partial charge in [0.25, 0.3) is 5.91 Å². The molecule has 0 bridgehead atoms. The van der Waals surface area contributed by atoms with Crippen LogP contribution in [0.15, 0.2) is 23.3 Å². The molecule has 6 heteroatoms. The Labute approximate surface area is 91.5 Å². The smallest absolute Gasteiger partial charge is 0.332 e. The number of fused-ring (bicyclic) bond motifs is 1. The standard InChI is InChI=1S/C10H10N4O2/c1-5-3-2-4-6-7(5)12-9(15)8(6)13-14-10(11)16/h2-4H,1H3,(H3,11,14,16)(H,12,13,15). The maximum absolute atomic E-state index is 11.6. The van der Waals surface area contributed by atoms with E-state index in [9.17, 15) is 9.59 Å². The summed E-state index contributed by atoms with van der Waals surface area (Å²) < 4.78 is 0. The zero-order valence-electron chi connectivity index (χ0n) is 8.57. The lowest BCUT2D eigenvalue weighted by molar-refractivity contribution is -0.110. The molecular weight excluding hydrogens is 208 g/mol. The molecule has 82 valence electrons. The third-order valence-electron chi connectivity index (χ3n) is 2.26. The van der Waals surface area contributed by atoms with Crippen molar-refractivity contribution in [3.05, 3.63) is 29.3 Å². The van der Waals surface area contributed by atoms with Crippen LogP contribution in [-0.4, -0.2) is 17.6 Å². The van der Waals surface area contributed by atoms with Crippen molar-refractivity contribution in [3.8, 4) is 0 Å². The average Bonchev–Trinajstić information content (AvgIpc) is 2.53. The number of hydrogen-bond acceptors (Lipinski definition) is 3. The number of hydrogen-bond donors (Lipinski definition) is 3. The number of anilines is 1. The van der Waals surface area contributed by atoms with Crippen LogP contribution in [0.4, 0.5) is 10.5 Å². The van der Waals surface area contributed by atoms with Crippen molar-refractivity contribution in [2.45, 2.75) is 6.92 Å². The van der Waals surface area contributed by atoms with Crippen LogP contribution in [0.2, 0.25) is 0 Å². The van der Waals surface area contributed by atoms with Gasteiger partial charge in [-0.1, -0.05) is 18.2 Å². The number of nitrogens with zero attached hydrogens (tertiary/aromatic N) is 1. The lowest BCUT2D eigenvalue weighted by atomic mass is 10.1. The van der Waals surface area contributed by atoms with Crippen molar-refractivity contribution >= 4 is 23.3 Å². The second-order valence-electron chi connectivity index (χ2n) is 3.39.